The monoisotopic (exact) mass is 420 g/mol. The van der Waals surface area contributed by atoms with Gasteiger partial charge in [0.2, 0.25) is 10.0 Å². The largest absolute Gasteiger partial charge is 0.467 e. The summed E-state index contributed by atoms with van der Waals surface area (Å²) in [5, 5.41) is 11.5. The first kappa shape index (κ1) is 22.5. The number of aliphatic hydroxyl groups excluding tert-OH is 1. The Hall–Kier alpha value is -2.75. The van der Waals surface area contributed by atoms with Crippen LogP contribution >= 0.6 is 0 Å². The molecule has 0 aliphatic carbocycles. The van der Waals surface area contributed by atoms with Gasteiger partial charge in [-0.1, -0.05) is 18.2 Å². The Kier molecular flexibility index (Phi) is 7.49. The third-order valence-electron chi connectivity index (χ3n) is 4.44. The van der Waals surface area contributed by atoms with Crippen molar-refractivity contribution in [2.24, 2.45) is 0 Å². The van der Waals surface area contributed by atoms with Crippen LogP contribution in [0.15, 0.2) is 47.4 Å². The van der Waals surface area contributed by atoms with Crippen LogP contribution in [-0.4, -0.2) is 45.2 Å². The lowest BCUT2D eigenvalue weighted by atomic mass is 10.1. The number of carbonyl (C=O) groups excluding carboxylic acids is 2. The van der Waals surface area contributed by atoms with Crippen molar-refractivity contribution < 1.29 is 27.9 Å². The molecule has 0 spiro atoms. The van der Waals surface area contributed by atoms with Gasteiger partial charge in [-0.2, -0.15) is 0 Å². The molecule has 0 fully saturated rings. The van der Waals surface area contributed by atoms with Crippen molar-refractivity contribution >= 4 is 21.9 Å². The quantitative estimate of drug-likeness (QED) is 0.549. The molecule has 0 unspecified atom stereocenters. The normalized spacial score (nSPS) is 12.3. The van der Waals surface area contributed by atoms with Crippen molar-refractivity contribution in [2.75, 3.05) is 13.7 Å². The minimum atomic E-state index is -3.66. The van der Waals surface area contributed by atoms with Gasteiger partial charge in [0.15, 0.2) is 6.04 Å². The van der Waals surface area contributed by atoms with Gasteiger partial charge in [-0.05, 0) is 54.8 Å². The number of methoxy groups -OCH3 is 1. The van der Waals surface area contributed by atoms with Crippen molar-refractivity contribution in [3.63, 3.8) is 0 Å². The van der Waals surface area contributed by atoms with Crippen LogP contribution in [-0.2, 0) is 26.1 Å². The van der Waals surface area contributed by atoms with E-state index in [0.29, 0.717) is 5.56 Å². The van der Waals surface area contributed by atoms with Crippen molar-refractivity contribution in [2.45, 2.75) is 31.3 Å². The first-order valence-corrected chi connectivity index (χ1v) is 10.3. The Morgan fingerprint density at radius 2 is 1.72 bits per heavy atom. The molecule has 8 nitrogen and oxygen atoms in total. The van der Waals surface area contributed by atoms with E-state index in [1.807, 2.05) is 13.8 Å². The summed E-state index contributed by atoms with van der Waals surface area (Å²) in [5.74, 6) is -1.31. The van der Waals surface area contributed by atoms with Crippen LogP contribution in [0.3, 0.4) is 0 Å². The molecule has 0 saturated carbocycles. The summed E-state index contributed by atoms with van der Waals surface area (Å²) in [6.45, 7) is 3.22. The fraction of sp³-hybridized carbons (Fsp3) is 0.300. The SMILES string of the molecule is COC(=O)[C@H](CO)NC(=O)c1ccc(CNS(=O)(=O)c2ccc(C)c(C)c2)cc1. The minimum absolute atomic E-state index is 0.0541. The number of hydrogen-bond acceptors (Lipinski definition) is 6. The Balaban J connectivity index is 2.02. The maximum absolute atomic E-state index is 12.4. The van der Waals surface area contributed by atoms with Crippen LogP contribution in [0.2, 0.25) is 0 Å². The van der Waals surface area contributed by atoms with E-state index in [0.717, 1.165) is 18.2 Å². The highest BCUT2D eigenvalue weighted by Crippen LogP contribution is 2.15. The summed E-state index contributed by atoms with van der Waals surface area (Å²) in [4.78, 5) is 23.8. The Morgan fingerprint density at radius 1 is 1.07 bits per heavy atom. The second-order valence-corrected chi connectivity index (χ2v) is 8.27. The third kappa shape index (κ3) is 5.86. The van der Waals surface area contributed by atoms with Crippen LogP contribution in [0, 0.1) is 13.8 Å². The van der Waals surface area contributed by atoms with E-state index in [1.54, 1.807) is 30.3 Å². The number of nitrogens with one attached hydrogen (secondary N) is 2. The Labute approximate surface area is 169 Å². The van der Waals surface area contributed by atoms with Gasteiger partial charge in [-0.15, -0.1) is 0 Å². The molecule has 0 aliphatic heterocycles. The highest BCUT2D eigenvalue weighted by molar-refractivity contribution is 7.89. The van der Waals surface area contributed by atoms with Gasteiger partial charge in [-0.25, -0.2) is 17.9 Å². The first-order valence-electron chi connectivity index (χ1n) is 8.83. The zero-order valence-corrected chi connectivity index (χ0v) is 17.2. The van der Waals surface area contributed by atoms with Crippen molar-refractivity contribution in [3.05, 3.63) is 64.7 Å². The molecule has 0 bridgehead atoms. The Morgan fingerprint density at radius 3 is 2.28 bits per heavy atom. The molecule has 1 amide bonds. The van der Waals surface area contributed by atoms with E-state index in [2.05, 4.69) is 14.8 Å². The van der Waals surface area contributed by atoms with Crippen molar-refractivity contribution in [1.29, 1.82) is 0 Å². The lowest BCUT2D eigenvalue weighted by molar-refractivity contribution is -0.143. The molecule has 2 aromatic carbocycles. The van der Waals surface area contributed by atoms with Gasteiger partial charge in [0.25, 0.3) is 5.91 Å². The van der Waals surface area contributed by atoms with Gasteiger partial charge in [0.05, 0.1) is 18.6 Å². The number of aliphatic hydroxyl groups is 1. The molecule has 1 atom stereocenters. The van der Waals surface area contributed by atoms with Crippen LogP contribution in [0.5, 0.6) is 0 Å². The maximum atomic E-state index is 12.4. The van der Waals surface area contributed by atoms with Gasteiger partial charge in [-0.3, -0.25) is 4.79 Å². The van der Waals surface area contributed by atoms with Gasteiger partial charge in [0.1, 0.15) is 0 Å². The van der Waals surface area contributed by atoms with E-state index in [9.17, 15) is 18.0 Å². The number of ether oxygens (including phenoxy) is 1. The predicted molar refractivity (Wildman–Crippen MR) is 107 cm³/mol. The molecular formula is C20H24N2O6S. The summed E-state index contributed by atoms with van der Waals surface area (Å²) in [6.07, 6.45) is 0. The molecule has 0 saturated heterocycles. The fourth-order valence-electron chi connectivity index (χ4n) is 2.48. The molecular weight excluding hydrogens is 396 g/mol. The molecule has 0 heterocycles. The third-order valence-corrected chi connectivity index (χ3v) is 5.84. The zero-order chi connectivity index (χ0) is 21.6. The van der Waals surface area contributed by atoms with E-state index < -0.39 is 34.5 Å². The Bertz CT molecular complexity index is 987. The van der Waals surface area contributed by atoms with Gasteiger partial charge < -0.3 is 15.2 Å². The molecule has 156 valence electrons. The fourth-order valence-corrected chi connectivity index (χ4v) is 3.58. The van der Waals surface area contributed by atoms with Crippen LogP contribution < -0.4 is 10.0 Å². The maximum Gasteiger partial charge on any atom is 0.330 e. The molecule has 0 aromatic heterocycles. The second-order valence-electron chi connectivity index (χ2n) is 6.50. The van der Waals surface area contributed by atoms with Crippen LogP contribution in [0.1, 0.15) is 27.0 Å². The summed E-state index contributed by atoms with van der Waals surface area (Å²) in [6, 6.07) is 9.97. The molecule has 0 aliphatic rings. The molecule has 3 N–H and O–H groups in total. The number of esters is 1. The number of rotatable bonds is 8. The summed E-state index contributed by atoms with van der Waals surface area (Å²) in [5.41, 5.74) is 2.80. The standard InChI is InChI=1S/C20H24N2O6S/c1-13-4-9-17(10-14(13)2)29(26,27)21-11-15-5-7-16(8-6-15)19(24)22-18(12-23)20(25)28-3/h4-10,18,21,23H,11-12H2,1-3H3,(H,22,24)/t18-/m0/s1. The number of hydrogen-bond donors (Lipinski definition) is 3. The van der Waals surface area contributed by atoms with Crippen LogP contribution in [0.4, 0.5) is 0 Å². The first-order chi connectivity index (χ1) is 13.7. The highest BCUT2D eigenvalue weighted by atomic mass is 32.2. The highest BCUT2D eigenvalue weighted by Gasteiger charge is 2.21. The van der Waals surface area contributed by atoms with Gasteiger partial charge in [0, 0.05) is 12.1 Å². The number of amides is 1. The topological polar surface area (TPSA) is 122 Å². The molecule has 29 heavy (non-hydrogen) atoms. The minimum Gasteiger partial charge on any atom is -0.467 e. The number of benzene rings is 2. The van der Waals surface area contributed by atoms with E-state index in [1.165, 1.54) is 12.1 Å². The average Bonchev–Trinajstić information content (AvgIpc) is 2.72. The molecule has 0 radical (unpaired) electrons. The second kappa shape index (κ2) is 9.64. The lowest BCUT2D eigenvalue weighted by Crippen LogP contribution is -2.44. The van der Waals surface area contributed by atoms with E-state index >= 15 is 0 Å². The molecule has 2 aromatic rings. The lowest BCUT2D eigenvalue weighted by Gasteiger charge is -2.14. The van der Waals surface area contributed by atoms with Gasteiger partial charge >= 0.3 is 5.97 Å². The van der Waals surface area contributed by atoms with Crippen molar-refractivity contribution in [1.82, 2.24) is 10.0 Å². The predicted octanol–water partition coefficient (Wildman–Crippen LogP) is 1.05. The summed E-state index contributed by atoms with van der Waals surface area (Å²) < 4.78 is 31.9. The number of aryl methyl sites for hydroxylation is 2. The van der Waals surface area contributed by atoms with Crippen LogP contribution in [0.25, 0.3) is 0 Å². The molecule has 2 rings (SSSR count). The summed E-state index contributed by atoms with van der Waals surface area (Å²) >= 11 is 0. The smallest absolute Gasteiger partial charge is 0.330 e. The molecule has 9 heteroatoms. The van der Waals surface area contributed by atoms with E-state index in [4.69, 9.17) is 5.11 Å². The number of sulfonamides is 1. The number of carbonyl (C=O) groups is 2. The summed E-state index contributed by atoms with van der Waals surface area (Å²) in [7, 11) is -2.51. The van der Waals surface area contributed by atoms with Crippen molar-refractivity contribution in [3.8, 4) is 0 Å². The zero-order valence-electron chi connectivity index (χ0n) is 16.4. The van der Waals surface area contributed by atoms with E-state index in [-0.39, 0.29) is 17.0 Å². The average molecular weight is 420 g/mol.